The number of aliphatic hydroxyl groups is 1. The maximum atomic E-state index is 11.8. The molecular weight excluding hydrogens is 276 g/mol. The second kappa shape index (κ2) is 8.25. The van der Waals surface area contributed by atoms with Crippen molar-refractivity contribution in [2.45, 2.75) is 38.3 Å². The van der Waals surface area contributed by atoms with Crippen LogP contribution in [0.25, 0.3) is 0 Å². The summed E-state index contributed by atoms with van der Waals surface area (Å²) in [6.45, 7) is 3.24. The van der Waals surface area contributed by atoms with Crippen LogP contribution in [-0.2, 0) is 4.79 Å². The molecule has 4 nitrogen and oxygen atoms in total. The van der Waals surface area contributed by atoms with Crippen LogP contribution in [0.1, 0.15) is 36.5 Å². The van der Waals surface area contributed by atoms with E-state index in [4.69, 9.17) is 0 Å². The summed E-state index contributed by atoms with van der Waals surface area (Å²) in [5.41, 5.74) is 1.92. The molecule has 2 rings (SSSR count). The highest BCUT2D eigenvalue weighted by molar-refractivity contribution is 5.85. The van der Waals surface area contributed by atoms with Gasteiger partial charge in [0.2, 0.25) is 5.91 Å². The van der Waals surface area contributed by atoms with Gasteiger partial charge in [0.15, 0.2) is 0 Å². The third-order valence-electron chi connectivity index (χ3n) is 3.63. The summed E-state index contributed by atoms with van der Waals surface area (Å²) < 4.78 is 0. The lowest BCUT2D eigenvalue weighted by atomic mass is 10.0. The average molecular weight is 299 g/mol. The zero-order valence-corrected chi connectivity index (χ0v) is 12.6. The Morgan fingerprint density at radius 3 is 2.90 bits per heavy atom. The van der Waals surface area contributed by atoms with Crippen LogP contribution in [0.15, 0.2) is 24.3 Å². The maximum Gasteiger partial charge on any atom is 0.221 e. The first-order valence-electron chi connectivity index (χ1n) is 6.90. The second-order valence-electron chi connectivity index (χ2n) is 5.17. The first kappa shape index (κ1) is 17.0. The van der Waals surface area contributed by atoms with Gasteiger partial charge in [0.1, 0.15) is 0 Å². The van der Waals surface area contributed by atoms with Crippen LogP contribution in [-0.4, -0.2) is 30.1 Å². The Morgan fingerprint density at radius 2 is 2.25 bits per heavy atom. The lowest BCUT2D eigenvalue weighted by Gasteiger charge is -2.15. The van der Waals surface area contributed by atoms with Crippen LogP contribution >= 0.6 is 12.4 Å². The summed E-state index contributed by atoms with van der Waals surface area (Å²) in [4.78, 5) is 11.8. The Morgan fingerprint density at radius 1 is 1.50 bits per heavy atom. The summed E-state index contributed by atoms with van der Waals surface area (Å²) in [7, 11) is 0. The molecule has 1 fully saturated rings. The van der Waals surface area contributed by atoms with E-state index in [2.05, 4.69) is 10.6 Å². The molecule has 1 aromatic carbocycles. The van der Waals surface area contributed by atoms with E-state index in [0.29, 0.717) is 12.5 Å². The molecular formula is C15H23ClN2O2. The molecule has 0 aromatic heterocycles. The zero-order chi connectivity index (χ0) is 13.7. The van der Waals surface area contributed by atoms with Gasteiger partial charge in [-0.1, -0.05) is 24.3 Å². The van der Waals surface area contributed by atoms with Crippen molar-refractivity contribution in [2.75, 3.05) is 13.1 Å². The predicted octanol–water partition coefficient (Wildman–Crippen LogP) is 1.71. The molecule has 2 unspecified atom stereocenters. The average Bonchev–Trinajstić information content (AvgIpc) is 2.89. The summed E-state index contributed by atoms with van der Waals surface area (Å²) in [5.74, 6) is 0.00651. The van der Waals surface area contributed by atoms with Crippen molar-refractivity contribution in [3.8, 4) is 0 Å². The Kier molecular flexibility index (Phi) is 6.99. The van der Waals surface area contributed by atoms with Gasteiger partial charge in [-0.05, 0) is 37.4 Å². The molecule has 0 radical (unpaired) electrons. The fraction of sp³-hybridized carbons (Fsp3) is 0.533. The minimum Gasteiger partial charge on any atom is -0.387 e. The SMILES string of the molecule is Cc1ccccc1C(O)CNC(=O)CC1CCCN1.Cl. The molecule has 1 aliphatic heterocycles. The third kappa shape index (κ3) is 4.78. The second-order valence-corrected chi connectivity index (χ2v) is 5.17. The molecule has 20 heavy (non-hydrogen) atoms. The fourth-order valence-corrected chi connectivity index (χ4v) is 2.51. The van der Waals surface area contributed by atoms with Crippen LogP contribution in [0.4, 0.5) is 0 Å². The molecule has 112 valence electrons. The van der Waals surface area contributed by atoms with Crippen molar-refractivity contribution in [1.29, 1.82) is 0 Å². The number of hydrogen-bond acceptors (Lipinski definition) is 3. The van der Waals surface area contributed by atoms with Gasteiger partial charge in [-0.25, -0.2) is 0 Å². The number of halogens is 1. The van der Waals surface area contributed by atoms with E-state index in [1.165, 1.54) is 0 Å². The quantitative estimate of drug-likeness (QED) is 0.775. The van der Waals surface area contributed by atoms with Crippen molar-refractivity contribution in [3.05, 3.63) is 35.4 Å². The number of aliphatic hydroxyl groups excluding tert-OH is 1. The van der Waals surface area contributed by atoms with Gasteiger partial charge < -0.3 is 15.7 Å². The molecule has 1 amide bonds. The summed E-state index contributed by atoms with van der Waals surface area (Å²) in [6.07, 6.45) is 2.07. The van der Waals surface area contributed by atoms with Gasteiger partial charge >= 0.3 is 0 Å². The Hall–Kier alpha value is -1.10. The van der Waals surface area contributed by atoms with Gasteiger partial charge in [0.05, 0.1) is 6.10 Å². The van der Waals surface area contributed by atoms with Gasteiger partial charge in [-0.2, -0.15) is 0 Å². The van der Waals surface area contributed by atoms with Crippen molar-refractivity contribution >= 4 is 18.3 Å². The number of benzene rings is 1. The van der Waals surface area contributed by atoms with Crippen LogP contribution in [0, 0.1) is 6.92 Å². The monoisotopic (exact) mass is 298 g/mol. The van der Waals surface area contributed by atoms with E-state index in [1.54, 1.807) is 0 Å². The smallest absolute Gasteiger partial charge is 0.221 e. The summed E-state index contributed by atoms with van der Waals surface area (Å²) in [6, 6.07) is 8.00. The fourth-order valence-electron chi connectivity index (χ4n) is 2.51. The number of carbonyl (C=O) groups is 1. The van der Waals surface area contributed by atoms with Crippen LogP contribution < -0.4 is 10.6 Å². The van der Waals surface area contributed by atoms with E-state index in [-0.39, 0.29) is 24.9 Å². The highest BCUT2D eigenvalue weighted by atomic mass is 35.5. The van der Waals surface area contributed by atoms with E-state index in [1.807, 2.05) is 31.2 Å². The van der Waals surface area contributed by atoms with E-state index < -0.39 is 6.10 Å². The van der Waals surface area contributed by atoms with Gasteiger partial charge in [0, 0.05) is 19.0 Å². The number of nitrogens with one attached hydrogen (secondary N) is 2. The first-order valence-corrected chi connectivity index (χ1v) is 6.90. The third-order valence-corrected chi connectivity index (χ3v) is 3.63. The van der Waals surface area contributed by atoms with Crippen LogP contribution in [0.2, 0.25) is 0 Å². The number of rotatable bonds is 5. The van der Waals surface area contributed by atoms with Gasteiger partial charge in [-0.3, -0.25) is 4.79 Å². The number of hydrogen-bond donors (Lipinski definition) is 3. The Labute approximate surface area is 126 Å². The number of aryl methyl sites for hydroxylation is 1. The molecule has 0 bridgehead atoms. The molecule has 1 aliphatic rings. The molecule has 5 heteroatoms. The van der Waals surface area contributed by atoms with E-state index >= 15 is 0 Å². The molecule has 1 heterocycles. The van der Waals surface area contributed by atoms with Gasteiger partial charge in [-0.15, -0.1) is 12.4 Å². The van der Waals surface area contributed by atoms with E-state index in [0.717, 1.165) is 30.5 Å². The topological polar surface area (TPSA) is 61.4 Å². The van der Waals surface area contributed by atoms with E-state index in [9.17, 15) is 9.90 Å². The lowest BCUT2D eigenvalue weighted by Crippen LogP contribution is -2.34. The standard InChI is InChI=1S/C15H22N2O2.ClH/c1-11-5-2-3-7-13(11)14(18)10-17-15(19)9-12-6-4-8-16-12;/h2-3,5,7,12,14,16,18H,4,6,8-10H2,1H3,(H,17,19);1H. The lowest BCUT2D eigenvalue weighted by molar-refractivity contribution is -0.122. The minimum atomic E-state index is -0.637. The van der Waals surface area contributed by atoms with Crippen LogP contribution in [0.5, 0.6) is 0 Å². The van der Waals surface area contributed by atoms with Crippen molar-refractivity contribution < 1.29 is 9.90 Å². The molecule has 0 saturated carbocycles. The molecule has 1 saturated heterocycles. The Balaban J connectivity index is 0.00000200. The Bertz CT molecular complexity index is 434. The van der Waals surface area contributed by atoms with Crippen molar-refractivity contribution in [1.82, 2.24) is 10.6 Å². The molecule has 0 aliphatic carbocycles. The first-order chi connectivity index (χ1) is 9.16. The maximum absolute atomic E-state index is 11.8. The summed E-state index contributed by atoms with van der Waals surface area (Å²) in [5, 5.41) is 16.2. The van der Waals surface area contributed by atoms with Crippen LogP contribution in [0.3, 0.4) is 0 Å². The zero-order valence-electron chi connectivity index (χ0n) is 11.8. The van der Waals surface area contributed by atoms with Gasteiger partial charge in [0.25, 0.3) is 0 Å². The minimum absolute atomic E-state index is 0. The van der Waals surface area contributed by atoms with Crippen molar-refractivity contribution in [3.63, 3.8) is 0 Å². The molecule has 2 atom stereocenters. The highest BCUT2D eigenvalue weighted by Crippen LogP contribution is 2.16. The highest BCUT2D eigenvalue weighted by Gasteiger charge is 2.18. The molecule has 3 N–H and O–H groups in total. The molecule has 1 aromatic rings. The largest absolute Gasteiger partial charge is 0.387 e. The van der Waals surface area contributed by atoms with Crippen molar-refractivity contribution in [2.24, 2.45) is 0 Å². The number of carbonyl (C=O) groups excluding carboxylic acids is 1. The number of amides is 1. The normalized spacial score (nSPS) is 19.2. The molecule has 0 spiro atoms. The predicted molar refractivity (Wildman–Crippen MR) is 82.0 cm³/mol. The summed E-state index contributed by atoms with van der Waals surface area (Å²) >= 11 is 0.